The molecule has 0 bridgehead atoms. The number of phenols is 1. The molecule has 0 aromatic heterocycles. The number of thioether (sulfide) groups is 1. The molecule has 0 amide bonds. The van der Waals surface area contributed by atoms with Gasteiger partial charge in [-0.1, -0.05) is 74.7 Å². The van der Waals surface area contributed by atoms with Gasteiger partial charge in [-0.15, -0.1) is 0 Å². The number of anilines is 1. The molecule has 1 aliphatic heterocycles. The molecule has 1 N–H and O–H groups in total. The van der Waals surface area contributed by atoms with Crippen LogP contribution in [0.5, 0.6) is 5.75 Å². The van der Waals surface area contributed by atoms with Crippen molar-refractivity contribution in [2.45, 2.75) is 38.0 Å². The van der Waals surface area contributed by atoms with Crippen LogP contribution in [-0.2, 0) is 5.41 Å². The summed E-state index contributed by atoms with van der Waals surface area (Å²) in [6, 6.07) is 14.1. The summed E-state index contributed by atoms with van der Waals surface area (Å²) in [6.45, 7) is 13.9. The fourth-order valence-electron chi connectivity index (χ4n) is 3.73. The van der Waals surface area contributed by atoms with Gasteiger partial charge in [-0.05, 0) is 55.3 Å². The number of phenolic OH excluding ortho intramolecular Hbond substituents is 1. The maximum Gasteiger partial charge on any atom is 0.116 e. The van der Waals surface area contributed by atoms with E-state index in [0.717, 1.165) is 21.9 Å². The zero-order valence-corrected chi connectivity index (χ0v) is 18.5. The number of hydrogen-bond acceptors (Lipinski definition) is 3. The van der Waals surface area contributed by atoms with Gasteiger partial charge in [0.05, 0.1) is 0 Å². The lowest BCUT2D eigenvalue weighted by molar-refractivity contribution is 0.473. The summed E-state index contributed by atoms with van der Waals surface area (Å²) in [5.41, 5.74) is 5.12. The van der Waals surface area contributed by atoms with Crippen LogP contribution in [-0.4, -0.2) is 11.7 Å². The summed E-state index contributed by atoms with van der Waals surface area (Å²) >= 11 is 1.56. The van der Waals surface area contributed by atoms with Gasteiger partial charge in [-0.3, -0.25) is 0 Å². The molecule has 0 unspecified atom stereocenters. The van der Waals surface area contributed by atoms with Gasteiger partial charge in [0.15, 0.2) is 0 Å². The lowest BCUT2D eigenvalue weighted by atomic mass is 9.84. The van der Waals surface area contributed by atoms with E-state index in [-0.39, 0.29) is 11.2 Å². The van der Waals surface area contributed by atoms with Gasteiger partial charge in [0.1, 0.15) is 5.75 Å². The van der Waals surface area contributed by atoms with Crippen LogP contribution in [0.4, 0.5) is 5.69 Å². The number of aromatic hydroxyl groups is 1. The number of fused-ring (bicyclic) bond motifs is 1. The molecule has 2 nitrogen and oxygen atoms in total. The number of benzene rings is 2. The van der Waals surface area contributed by atoms with Crippen molar-refractivity contribution in [1.29, 1.82) is 0 Å². The molecule has 0 fully saturated rings. The molecule has 1 heterocycles. The number of rotatable bonds is 6. The van der Waals surface area contributed by atoms with Gasteiger partial charge in [0, 0.05) is 33.1 Å². The molecule has 2 aromatic rings. The minimum atomic E-state index is -0.00700. The minimum absolute atomic E-state index is 0.00700. The van der Waals surface area contributed by atoms with Gasteiger partial charge in [0.2, 0.25) is 0 Å². The van der Waals surface area contributed by atoms with Gasteiger partial charge in [-0.2, -0.15) is 0 Å². The first-order chi connectivity index (χ1) is 13.8. The van der Waals surface area contributed by atoms with Crippen molar-refractivity contribution in [3.63, 3.8) is 0 Å². The van der Waals surface area contributed by atoms with Crippen molar-refractivity contribution in [2.75, 3.05) is 11.4 Å². The van der Waals surface area contributed by atoms with E-state index in [4.69, 9.17) is 0 Å². The second-order valence-electron chi connectivity index (χ2n) is 7.70. The van der Waals surface area contributed by atoms with Crippen molar-refractivity contribution in [2.24, 2.45) is 0 Å². The Hall–Kier alpha value is -2.65. The topological polar surface area (TPSA) is 23.5 Å². The van der Waals surface area contributed by atoms with E-state index in [0.29, 0.717) is 0 Å². The van der Waals surface area contributed by atoms with Crippen molar-refractivity contribution in [1.82, 2.24) is 0 Å². The normalized spacial score (nSPS) is 16.8. The molecule has 0 spiro atoms. The summed E-state index contributed by atoms with van der Waals surface area (Å²) < 4.78 is 0. The van der Waals surface area contributed by atoms with Crippen LogP contribution in [0.2, 0.25) is 0 Å². The van der Waals surface area contributed by atoms with Gasteiger partial charge in [-0.25, -0.2) is 0 Å². The fraction of sp³-hybridized carbons (Fsp3) is 0.231. The summed E-state index contributed by atoms with van der Waals surface area (Å²) in [6.07, 6.45) is 10.4. The Balaban J connectivity index is 1.69. The molecule has 0 atom stereocenters. The highest BCUT2D eigenvalue weighted by Gasteiger charge is 2.38. The highest BCUT2D eigenvalue weighted by molar-refractivity contribution is 8.03. The molecule has 29 heavy (non-hydrogen) atoms. The van der Waals surface area contributed by atoms with E-state index in [2.05, 4.69) is 68.7 Å². The average molecular weight is 404 g/mol. The summed E-state index contributed by atoms with van der Waals surface area (Å²) in [4.78, 5) is 4.35. The number of hydrogen-bond donors (Lipinski definition) is 1. The third kappa shape index (κ3) is 4.51. The van der Waals surface area contributed by atoms with E-state index in [1.165, 1.54) is 16.9 Å². The Morgan fingerprint density at radius 3 is 2.66 bits per heavy atom. The minimum Gasteiger partial charge on any atom is -0.508 e. The third-order valence-electron chi connectivity index (χ3n) is 5.29. The second-order valence-corrected chi connectivity index (χ2v) is 8.87. The van der Waals surface area contributed by atoms with E-state index in [1.54, 1.807) is 23.9 Å². The number of nitrogens with zero attached hydrogens (tertiary/aromatic N) is 1. The summed E-state index contributed by atoms with van der Waals surface area (Å²) in [7, 11) is 0. The molecule has 0 radical (unpaired) electrons. The van der Waals surface area contributed by atoms with E-state index < -0.39 is 0 Å². The van der Waals surface area contributed by atoms with Crippen LogP contribution >= 0.6 is 11.8 Å². The van der Waals surface area contributed by atoms with Crippen LogP contribution in [0.25, 0.3) is 0 Å². The lowest BCUT2D eigenvalue weighted by Crippen LogP contribution is -2.25. The number of likely N-dealkylation sites (N-methyl/N-ethyl adjacent to an activating group) is 1. The van der Waals surface area contributed by atoms with Crippen LogP contribution in [0.3, 0.4) is 0 Å². The highest BCUT2D eigenvalue weighted by Crippen LogP contribution is 2.47. The molecule has 2 aromatic carbocycles. The number of para-hydroxylation sites is 1. The summed E-state index contributed by atoms with van der Waals surface area (Å²) in [5.74, 6) is 0.280. The fourth-order valence-corrected chi connectivity index (χ4v) is 4.57. The van der Waals surface area contributed by atoms with E-state index in [1.807, 2.05) is 31.2 Å². The van der Waals surface area contributed by atoms with E-state index >= 15 is 0 Å². The quantitative estimate of drug-likeness (QED) is 0.410. The molecule has 150 valence electrons. The monoisotopic (exact) mass is 403 g/mol. The Bertz CT molecular complexity index is 998. The predicted molar refractivity (Wildman–Crippen MR) is 127 cm³/mol. The van der Waals surface area contributed by atoms with Crippen LogP contribution in [0.1, 0.15) is 31.9 Å². The first-order valence-corrected chi connectivity index (χ1v) is 10.7. The van der Waals surface area contributed by atoms with Gasteiger partial charge in [0.25, 0.3) is 0 Å². The Kier molecular flexibility index (Phi) is 6.39. The Morgan fingerprint density at radius 1 is 1.14 bits per heavy atom. The van der Waals surface area contributed by atoms with Crippen molar-refractivity contribution >= 4 is 17.4 Å². The molecule has 0 saturated carbocycles. The van der Waals surface area contributed by atoms with Crippen molar-refractivity contribution in [3.05, 3.63) is 101 Å². The SMILES string of the molecule is C=C(/C=C/C=C/C=C1/N(CC)c2ccccc2C1(C)C)Sc1cc(O)ccc1C. The van der Waals surface area contributed by atoms with Crippen molar-refractivity contribution in [3.8, 4) is 5.75 Å². The molecule has 3 rings (SSSR count). The Morgan fingerprint density at radius 2 is 1.90 bits per heavy atom. The predicted octanol–water partition coefficient (Wildman–Crippen LogP) is 7.12. The van der Waals surface area contributed by atoms with Crippen LogP contribution in [0.15, 0.2) is 94.9 Å². The van der Waals surface area contributed by atoms with Gasteiger partial charge < -0.3 is 10.0 Å². The molecule has 0 saturated heterocycles. The highest BCUT2D eigenvalue weighted by atomic mass is 32.2. The zero-order valence-electron chi connectivity index (χ0n) is 17.6. The first kappa shape index (κ1) is 21.1. The van der Waals surface area contributed by atoms with Crippen LogP contribution < -0.4 is 4.90 Å². The summed E-state index contributed by atoms with van der Waals surface area (Å²) in [5, 5.41) is 9.67. The largest absolute Gasteiger partial charge is 0.508 e. The molecule has 0 aliphatic carbocycles. The van der Waals surface area contributed by atoms with Crippen LogP contribution in [0, 0.1) is 6.92 Å². The molecule has 1 aliphatic rings. The third-order valence-corrected chi connectivity index (χ3v) is 6.34. The standard InChI is InChI=1S/C26H29NOS/c1-6-27-23-14-11-10-13-22(23)26(4,5)25(27)15-9-7-8-12-20(3)29-24-18-21(28)17-16-19(24)2/h7-18,28H,3,6H2,1-2,4-5H3/b9-7+,12-8+,25-15+. The van der Waals surface area contributed by atoms with Gasteiger partial charge >= 0.3 is 0 Å². The first-order valence-electron chi connectivity index (χ1n) is 9.93. The lowest BCUT2D eigenvalue weighted by Gasteiger charge is -2.25. The maximum absolute atomic E-state index is 9.67. The Labute approximate surface area is 179 Å². The average Bonchev–Trinajstić information content (AvgIpc) is 2.91. The maximum atomic E-state index is 9.67. The smallest absolute Gasteiger partial charge is 0.116 e. The zero-order chi connectivity index (χ0) is 21.0. The number of allylic oxidation sites excluding steroid dienone is 6. The molecule has 3 heteroatoms. The van der Waals surface area contributed by atoms with Crippen molar-refractivity contribution < 1.29 is 5.11 Å². The number of aryl methyl sites for hydroxylation is 1. The molecular formula is C26H29NOS. The molecular weight excluding hydrogens is 374 g/mol. The van der Waals surface area contributed by atoms with E-state index in [9.17, 15) is 5.11 Å². The second kappa shape index (κ2) is 8.79.